The second-order valence-electron chi connectivity index (χ2n) is 5.78. The van der Waals surface area contributed by atoms with Crippen LogP contribution in [0.2, 0.25) is 5.02 Å². The molecule has 0 fully saturated rings. The molecule has 1 N–H and O–H groups in total. The SMILES string of the molecule is O=S(=O)(/C=C/c1ccc(Cl)cc1)NCc1ccc(Oc2cccc(F)c2)nc1. The number of rotatable bonds is 7. The topological polar surface area (TPSA) is 68.3 Å². The van der Waals surface area contributed by atoms with Crippen LogP contribution in [0.4, 0.5) is 4.39 Å². The molecule has 5 nitrogen and oxygen atoms in total. The molecule has 3 aromatic rings. The molecule has 0 saturated carbocycles. The average molecular weight is 419 g/mol. The van der Waals surface area contributed by atoms with Crippen LogP contribution in [0, 0.1) is 5.82 Å². The van der Waals surface area contributed by atoms with Crippen LogP contribution in [0.5, 0.6) is 11.6 Å². The number of pyridine rings is 1. The quantitative estimate of drug-likeness (QED) is 0.600. The van der Waals surface area contributed by atoms with Crippen molar-refractivity contribution >= 4 is 27.7 Å². The fraction of sp³-hybridized carbons (Fsp3) is 0.0500. The Morgan fingerprint density at radius 2 is 1.89 bits per heavy atom. The van der Waals surface area contributed by atoms with Crippen LogP contribution >= 0.6 is 11.6 Å². The number of aromatic nitrogens is 1. The number of hydrogen-bond donors (Lipinski definition) is 1. The Morgan fingerprint density at radius 3 is 2.57 bits per heavy atom. The Kier molecular flexibility index (Phi) is 6.41. The molecule has 0 amide bonds. The largest absolute Gasteiger partial charge is 0.439 e. The number of halogens is 2. The van der Waals surface area contributed by atoms with Crippen molar-refractivity contribution in [2.24, 2.45) is 0 Å². The number of nitrogens with zero attached hydrogens (tertiary/aromatic N) is 1. The van der Waals surface area contributed by atoms with Crippen molar-refractivity contribution in [3.8, 4) is 11.6 Å². The van der Waals surface area contributed by atoms with Gasteiger partial charge < -0.3 is 4.74 Å². The van der Waals surface area contributed by atoms with E-state index < -0.39 is 15.8 Å². The van der Waals surface area contributed by atoms with E-state index in [0.717, 1.165) is 11.0 Å². The lowest BCUT2D eigenvalue weighted by atomic mass is 10.2. The smallest absolute Gasteiger partial charge is 0.234 e. The van der Waals surface area contributed by atoms with E-state index in [4.69, 9.17) is 16.3 Å². The molecule has 0 spiro atoms. The first-order valence-corrected chi connectivity index (χ1v) is 10.1. The summed E-state index contributed by atoms with van der Waals surface area (Å²) in [5, 5.41) is 1.67. The molecule has 8 heteroatoms. The van der Waals surface area contributed by atoms with Crippen LogP contribution in [0.15, 0.2) is 72.3 Å². The molecule has 0 aliphatic rings. The fourth-order valence-corrected chi connectivity index (χ4v) is 3.13. The van der Waals surface area contributed by atoms with Crippen LogP contribution in [-0.4, -0.2) is 13.4 Å². The lowest BCUT2D eigenvalue weighted by Gasteiger charge is -2.06. The minimum atomic E-state index is -3.62. The Morgan fingerprint density at radius 1 is 1.11 bits per heavy atom. The van der Waals surface area contributed by atoms with Crippen molar-refractivity contribution in [1.82, 2.24) is 9.71 Å². The molecule has 0 aliphatic carbocycles. The van der Waals surface area contributed by atoms with Gasteiger partial charge in [-0.2, -0.15) is 0 Å². The van der Waals surface area contributed by atoms with E-state index in [1.54, 1.807) is 42.5 Å². The molecule has 3 rings (SSSR count). The minimum absolute atomic E-state index is 0.0700. The Hall–Kier alpha value is -2.74. The first kappa shape index (κ1) is 20.0. The van der Waals surface area contributed by atoms with Gasteiger partial charge in [0.25, 0.3) is 0 Å². The third-order valence-corrected chi connectivity index (χ3v) is 4.90. The number of sulfonamides is 1. The van der Waals surface area contributed by atoms with Crippen molar-refractivity contribution in [2.45, 2.75) is 6.54 Å². The number of benzene rings is 2. The molecular weight excluding hydrogens is 403 g/mol. The molecule has 28 heavy (non-hydrogen) atoms. The Labute approximate surface area is 167 Å². The predicted molar refractivity (Wildman–Crippen MR) is 107 cm³/mol. The highest BCUT2D eigenvalue weighted by Gasteiger charge is 2.06. The Balaban J connectivity index is 1.57. The maximum atomic E-state index is 13.2. The van der Waals surface area contributed by atoms with Crippen LogP contribution < -0.4 is 9.46 Å². The van der Waals surface area contributed by atoms with E-state index in [1.807, 2.05) is 0 Å². The van der Waals surface area contributed by atoms with Gasteiger partial charge in [0.2, 0.25) is 15.9 Å². The summed E-state index contributed by atoms with van der Waals surface area (Å²) >= 11 is 5.80. The highest BCUT2D eigenvalue weighted by molar-refractivity contribution is 7.92. The summed E-state index contributed by atoms with van der Waals surface area (Å²) in [5.74, 6) is 0.198. The molecule has 0 bridgehead atoms. The van der Waals surface area contributed by atoms with Gasteiger partial charge in [0.1, 0.15) is 11.6 Å². The second kappa shape index (κ2) is 8.97. The highest BCUT2D eigenvalue weighted by Crippen LogP contribution is 2.20. The van der Waals surface area contributed by atoms with E-state index in [2.05, 4.69) is 9.71 Å². The fourth-order valence-electron chi connectivity index (χ4n) is 2.20. The second-order valence-corrected chi connectivity index (χ2v) is 7.87. The number of nitrogens with one attached hydrogen (secondary N) is 1. The molecule has 1 aromatic heterocycles. The van der Waals surface area contributed by atoms with Crippen molar-refractivity contribution in [2.75, 3.05) is 0 Å². The van der Waals surface area contributed by atoms with Crippen molar-refractivity contribution in [1.29, 1.82) is 0 Å². The molecule has 0 radical (unpaired) electrons. The Bertz CT molecular complexity index is 1070. The molecule has 0 unspecified atom stereocenters. The van der Waals surface area contributed by atoms with E-state index in [9.17, 15) is 12.8 Å². The summed E-state index contributed by atoms with van der Waals surface area (Å²) in [6.07, 6.45) is 2.97. The number of hydrogen-bond acceptors (Lipinski definition) is 4. The third kappa shape index (κ3) is 6.16. The summed E-state index contributed by atoms with van der Waals surface area (Å²) in [6.45, 7) is 0.0700. The van der Waals surface area contributed by atoms with Crippen LogP contribution in [-0.2, 0) is 16.6 Å². The van der Waals surface area contributed by atoms with E-state index in [-0.39, 0.29) is 12.4 Å². The minimum Gasteiger partial charge on any atom is -0.439 e. The molecule has 1 heterocycles. The maximum Gasteiger partial charge on any atom is 0.234 e. The van der Waals surface area contributed by atoms with Crippen LogP contribution in [0.1, 0.15) is 11.1 Å². The zero-order valence-electron chi connectivity index (χ0n) is 14.5. The molecule has 0 saturated heterocycles. The summed E-state index contributed by atoms with van der Waals surface area (Å²) in [4.78, 5) is 4.10. The molecule has 144 valence electrons. The van der Waals surface area contributed by atoms with Crippen molar-refractivity contribution < 1.29 is 17.5 Å². The zero-order chi connectivity index (χ0) is 20.0. The van der Waals surface area contributed by atoms with E-state index in [0.29, 0.717) is 16.3 Å². The van der Waals surface area contributed by atoms with Gasteiger partial charge in [0, 0.05) is 35.3 Å². The van der Waals surface area contributed by atoms with E-state index >= 15 is 0 Å². The summed E-state index contributed by atoms with van der Waals surface area (Å²) in [6, 6.07) is 15.8. The summed E-state index contributed by atoms with van der Waals surface area (Å²) in [7, 11) is -3.62. The van der Waals surface area contributed by atoms with Gasteiger partial charge in [0.15, 0.2) is 0 Å². The maximum absolute atomic E-state index is 13.2. The first-order valence-electron chi connectivity index (χ1n) is 8.21. The molecule has 2 aromatic carbocycles. The van der Waals surface area contributed by atoms with Crippen LogP contribution in [0.3, 0.4) is 0 Å². The van der Waals surface area contributed by atoms with Gasteiger partial charge in [-0.3, -0.25) is 0 Å². The monoisotopic (exact) mass is 418 g/mol. The van der Waals surface area contributed by atoms with Crippen molar-refractivity contribution in [3.05, 3.63) is 94.2 Å². The molecular formula is C20H16ClFN2O3S. The summed E-state index contributed by atoms with van der Waals surface area (Å²) < 4.78 is 45.2. The van der Waals surface area contributed by atoms with Gasteiger partial charge in [-0.05, 0) is 41.5 Å². The normalized spacial score (nSPS) is 11.6. The zero-order valence-corrected chi connectivity index (χ0v) is 16.1. The van der Waals surface area contributed by atoms with Gasteiger partial charge in [-0.25, -0.2) is 22.5 Å². The van der Waals surface area contributed by atoms with Gasteiger partial charge in [-0.1, -0.05) is 35.9 Å². The predicted octanol–water partition coefficient (Wildman–Crippen LogP) is 4.76. The lowest BCUT2D eigenvalue weighted by molar-refractivity contribution is 0.457. The molecule has 0 aliphatic heterocycles. The highest BCUT2D eigenvalue weighted by atomic mass is 35.5. The summed E-state index contributed by atoms with van der Waals surface area (Å²) in [5.41, 5.74) is 1.37. The van der Waals surface area contributed by atoms with Gasteiger partial charge >= 0.3 is 0 Å². The van der Waals surface area contributed by atoms with E-state index in [1.165, 1.54) is 30.5 Å². The van der Waals surface area contributed by atoms with Crippen molar-refractivity contribution in [3.63, 3.8) is 0 Å². The molecule has 0 atom stereocenters. The third-order valence-electron chi connectivity index (χ3n) is 3.60. The van der Waals surface area contributed by atoms with Crippen LogP contribution in [0.25, 0.3) is 6.08 Å². The van der Waals surface area contributed by atoms with Gasteiger partial charge in [0.05, 0.1) is 0 Å². The van der Waals surface area contributed by atoms with Gasteiger partial charge in [-0.15, -0.1) is 0 Å². The average Bonchev–Trinajstić information content (AvgIpc) is 2.67. The first-order chi connectivity index (χ1) is 13.4. The lowest BCUT2D eigenvalue weighted by Crippen LogP contribution is -2.20. The standard InChI is InChI=1S/C20H16ClFN2O3S/c21-17-7-4-15(5-8-17)10-11-28(25,26)24-14-16-6-9-20(23-13-16)27-19-3-1-2-18(22)12-19/h1-13,24H,14H2/b11-10+. The number of ether oxygens (including phenoxy) is 1.